The van der Waals surface area contributed by atoms with Gasteiger partial charge >= 0.3 is 0 Å². The first-order valence-corrected chi connectivity index (χ1v) is 3.31. The third-order valence-electron chi connectivity index (χ3n) is 1.94. The summed E-state index contributed by atoms with van der Waals surface area (Å²) >= 11 is 0. The summed E-state index contributed by atoms with van der Waals surface area (Å²) in [6, 6.07) is 0. The Kier molecular flexibility index (Phi) is 1.66. The Bertz CT molecular complexity index is 97.0. The van der Waals surface area contributed by atoms with Crippen molar-refractivity contribution in [1.29, 1.82) is 0 Å². The molecule has 0 heterocycles. The number of hydrogen-bond acceptors (Lipinski definition) is 1. The van der Waals surface area contributed by atoms with Crippen molar-refractivity contribution in [3.63, 3.8) is 0 Å². The Balaban J connectivity index is 2.21. The summed E-state index contributed by atoms with van der Waals surface area (Å²) in [6.07, 6.45) is 3.87. The molecule has 0 bridgehead atoms. The van der Waals surface area contributed by atoms with Crippen LogP contribution in [0.25, 0.3) is 0 Å². The summed E-state index contributed by atoms with van der Waals surface area (Å²) in [7, 11) is 1.89. The predicted octanol–water partition coefficient (Wildman–Crippen LogP) is 1.88. The standard InChI is InChI=1S/C7H13N/c1-3-6-4-7(5-6)8-2/h6H,3-5H2,1-2H3. The van der Waals surface area contributed by atoms with Crippen LogP contribution in [0.3, 0.4) is 0 Å². The summed E-state index contributed by atoms with van der Waals surface area (Å²) in [5.74, 6) is 0.966. The normalized spacial score (nSPS) is 27.2. The molecule has 1 heteroatoms. The Labute approximate surface area is 50.8 Å². The van der Waals surface area contributed by atoms with Crippen molar-refractivity contribution in [3.05, 3.63) is 0 Å². The molecule has 1 fully saturated rings. The van der Waals surface area contributed by atoms with Gasteiger partial charge in [0, 0.05) is 12.8 Å². The number of aliphatic imine (C=N–C) groups is 1. The van der Waals surface area contributed by atoms with Gasteiger partial charge in [0.2, 0.25) is 0 Å². The topological polar surface area (TPSA) is 12.4 Å². The van der Waals surface area contributed by atoms with Crippen LogP contribution in [-0.4, -0.2) is 12.8 Å². The van der Waals surface area contributed by atoms with Crippen molar-refractivity contribution < 1.29 is 0 Å². The van der Waals surface area contributed by atoms with E-state index in [9.17, 15) is 0 Å². The van der Waals surface area contributed by atoms with E-state index in [1.807, 2.05) is 7.05 Å². The van der Waals surface area contributed by atoms with Crippen LogP contribution in [0.5, 0.6) is 0 Å². The van der Waals surface area contributed by atoms with E-state index >= 15 is 0 Å². The molecule has 0 aliphatic heterocycles. The fourth-order valence-corrected chi connectivity index (χ4v) is 1.08. The molecule has 0 atom stereocenters. The van der Waals surface area contributed by atoms with Crippen LogP contribution in [0.15, 0.2) is 4.99 Å². The lowest BCUT2D eigenvalue weighted by molar-refractivity contribution is 0.483. The van der Waals surface area contributed by atoms with E-state index in [-0.39, 0.29) is 0 Å². The molecule has 0 aromatic rings. The van der Waals surface area contributed by atoms with E-state index in [0.29, 0.717) is 0 Å². The lowest BCUT2D eigenvalue weighted by Gasteiger charge is -2.25. The average Bonchev–Trinajstić information content (AvgIpc) is 1.65. The average molecular weight is 111 g/mol. The van der Waals surface area contributed by atoms with Crippen LogP contribution in [0.2, 0.25) is 0 Å². The highest BCUT2D eigenvalue weighted by Crippen LogP contribution is 2.26. The molecule has 46 valence electrons. The monoisotopic (exact) mass is 111 g/mol. The van der Waals surface area contributed by atoms with Crippen LogP contribution < -0.4 is 0 Å². The number of nitrogens with zero attached hydrogens (tertiary/aromatic N) is 1. The van der Waals surface area contributed by atoms with Crippen molar-refractivity contribution in [2.24, 2.45) is 10.9 Å². The molecule has 1 nitrogen and oxygen atoms in total. The van der Waals surface area contributed by atoms with Crippen LogP contribution in [0, 0.1) is 5.92 Å². The quantitative estimate of drug-likeness (QED) is 0.490. The van der Waals surface area contributed by atoms with E-state index in [1.165, 1.54) is 25.0 Å². The maximum absolute atomic E-state index is 4.11. The molecular weight excluding hydrogens is 98.1 g/mol. The highest BCUT2D eigenvalue weighted by molar-refractivity contribution is 5.89. The fourth-order valence-electron chi connectivity index (χ4n) is 1.08. The molecule has 0 unspecified atom stereocenters. The van der Waals surface area contributed by atoms with Gasteiger partial charge in [-0.3, -0.25) is 4.99 Å². The van der Waals surface area contributed by atoms with Crippen LogP contribution in [-0.2, 0) is 0 Å². The van der Waals surface area contributed by atoms with E-state index in [4.69, 9.17) is 0 Å². The van der Waals surface area contributed by atoms with E-state index in [1.54, 1.807) is 0 Å². The fraction of sp³-hybridized carbons (Fsp3) is 0.857. The molecule has 0 aromatic heterocycles. The first-order valence-electron chi connectivity index (χ1n) is 3.31. The van der Waals surface area contributed by atoms with Crippen molar-refractivity contribution in [2.75, 3.05) is 7.05 Å². The van der Waals surface area contributed by atoms with Gasteiger partial charge in [-0.05, 0) is 18.8 Å². The zero-order valence-corrected chi connectivity index (χ0v) is 5.65. The molecule has 0 amide bonds. The van der Waals surface area contributed by atoms with Gasteiger partial charge < -0.3 is 0 Å². The molecule has 0 spiro atoms. The SMILES string of the molecule is CCC1CC(=NC)C1. The second-order valence-corrected chi connectivity index (χ2v) is 2.47. The molecular formula is C7H13N. The lowest BCUT2D eigenvalue weighted by Crippen LogP contribution is -2.22. The highest BCUT2D eigenvalue weighted by atomic mass is 14.7. The first kappa shape index (κ1) is 5.80. The van der Waals surface area contributed by atoms with E-state index in [2.05, 4.69) is 11.9 Å². The number of rotatable bonds is 1. The van der Waals surface area contributed by atoms with E-state index in [0.717, 1.165) is 5.92 Å². The maximum atomic E-state index is 4.11. The van der Waals surface area contributed by atoms with Crippen LogP contribution in [0.1, 0.15) is 26.2 Å². The zero-order valence-electron chi connectivity index (χ0n) is 5.65. The van der Waals surface area contributed by atoms with Gasteiger partial charge in [0.25, 0.3) is 0 Å². The summed E-state index contributed by atoms with van der Waals surface area (Å²) < 4.78 is 0. The minimum absolute atomic E-state index is 0.966. The minimum atomic E-state index is 0.966. The van der Waals surface area contributed by atoms with Crippen molar-refractivity contribution in [2.45, 2.75) is 26.2 Å². The van der Waals surface area contributed by atoms with Crippen molar-refractivity contribution in [3.8, 4) is 0 Å². The first-order chi connectivity index (χ1) is 3.86. The number of hydrogen-bond donors (Lipinski definition) is 0. The predicted molar refractivity (Wildman–Crippen MR) is 36.4 cm³/mol. The van der Waals surface area contributed by atoms with Crippen LogP contribution >= 0.6 is 0 Å². The zero-order chi connectivity index (χ0) is 5.98. The van der Waals surface area contributed by atoms with Gasteiger partial charge in [0.1, 0.15) is 0 Å². The highest BCUT2D eigenvalue weighted by Gasteiger charge is 2.21. The lowest BCUT2D eigenvalue weighted by atomic mass is 9.81. The largest absolute Gasteiger partial charge is 0.297 e. The summed E-state index contributed by atoms with van der Waals surface area (Å²) in [6.45, 7) is 2.25. The molecule has 1 aliphatic carbocycles. The molecule has 8 heavy (non-hydrogen) atoms. The van der Waals surface area contributed by atoms with Gasteiger partial charge in [0.05, 0.1) is 0 Å². The maximum Gasteiger partial charge on any atom is 0.0276 e. The van der Waals surface area contributed by atoms with Gasteiger partial charge in [-0.2, -0.15) is 0 Å². The smallest absolute Gasteiger partial charge is 0.0276 e. The molecule has 0 radical (unpaired) electrons. The van der Waals surface area contributed by atoms with Gasteiger partial charge in [0.15, 0.2) is 0 Å². The Morgan fingerprint density at radius 1 is 1.62 bits per heavy atom. The third-order valence-corrected chi connectivity index (χ3v) is 1.94. The van der Waals surface area contributed by atoms with Crippen molar-refractivity contribution in [1.82, 2.24) is 0 Å². The third kappa shape index (κ3) is 0.908. The Morgan fingerprint density at radius 2 is 2.25 bits per heavy atom. The molecule has 1 aliphatic rings. The molecule has 1 rings (SSSR count). The Hall–Kier alpha value is -0.330. The summed E-state index contributed by atoms with van der Waals surface area (Å²) in [5.41, 5.74) is 1.41. The molecule has 1 saturated carbocycles. The van der Waals surface area contributed by atoms with Gasteiger partial charge in [-0.25, -0.2) is 0 Å². The van der Waals surface area contributed by atoms with Gasteiger partial charge in [-0.15, -0.1) is 0 Å². The van der Waals surface area contributed by atoms with E-state index < -0.39 is 0 Å². The second-order valence-electron chi connectivity index (χ2n) is 2.47. The minimum Gasteiger partial charge on any atom is -0.297 e. The Morgan fingerprint density at radius 3 is 2.62 bits per heavy atom. The molecule has 0 N–H and O–H groups in total. The molecule has 0 aromatic carbocycles. The molecule has 0 saturated heterocycles. The summed E-state index contributed by atoms with van der Waals surface area (Å²) in [4.78, 5) is 4.11. The second kappa shape index (κ2) is 2.29. The van der Waals surface area contributed by atoms with Gasteiger partial charge in [-0.1, -0.05) is 13.3 Å². The van der Waals surface area contributed by atoms with Crippen molar-refractivity contribution >= 4 is 5.71 Å². The van der Waals surface area contributed by atoms with Crippen LogP contribution in [0.4, 0.5) is 0 Å². The summed E-state index contributed by atoms with van der Waals surface area (Å²) in [5, 5.41) is 0.